The van der Waals surface area contributed by atoms with Gasteiger partial charge in [-0.25, -0.2) is 4.79 Å². The Morgan fingerprint density at radius 1 is 1.35 bits per heavy atom. The van der Waals surface area contributed by atoms with Gasteiger partial charge in [0.15, 0.2) is 0 Å². The molecule has 0 saturated heterocycles. The van der Waals surface area contributed by atoms with Gasteiger partial charge in [0.2, 0.25) is 0 Å². The molecule has 0 saturated carbocycles. The number of benzene rings is 1. The number of ether oxygens (including phenoxy) is 1. The number of nitrogens with zero attached hydrogens (tertiary/aromatic N) is 1. The van der Waals surface area contributed by atoms with Crippen LogP contribution < -0.4 is 15.4 Å². The number of aromatic nitrogens is 2. The molecule has 1 aromatic carbocycles. The van der Waals surface area contributed by atoms with E-state index in [1.807, 2.05) is 30.3 Å². The van der Waals surface area contributed by atoms with Crippen molar-refractivity contribution in [2.24, 2.45) is 0 Å². The third-order valence-corrected chi connectivity index (χ3v) is 3.20. The number of hydrogen-bond donors (Lipinski definition) is 3. The molecule has 1 aromatic heterocycles. The van der Waals surface area contributed by atoms with E-state index in [4.69, 9.17) is 4.74 Å². The van der Waals surface area contributed by atoms with Crippen LogP contribution in [0, 0.1) is 0 Å². The molecule has 20 heavy (non-hydrogen) atoms. The number of nitrogens with one attached hydrogen (secondary N) is 3. The lowest BCUT2D eigenvalue weighted by Crippen LogP contribution is -2.40. The lowest BCUT2D eigenvalue weighted by molar-refractivity contribution is 0.213. The largest absolute Gasteiger partial charge is 0.488 e. The van der Waals surface area contributed by atoms with E-state index in [1.165, 1.54) is 5.56 Å². The fourth-order valence-electron chi connectivity index (χ4n) is 2.20. The minimum Gasteiger partial charge on any atom is -0.488 e. The van der Waals surface area contributed by atoms with Crippen molar-refractivity contribution < 1.29 is 9.53 Å². The molecular formula is C14H16N4O2. The molecule has 104 valence electrons. The Morgan fingerprint density at radius 3 is 3.05 bits per heavy atom. The van der Waals surface area contributed by atoms with E-state index in [9.17, 15) is 4.79 Å². The van der Waals surface area contributed by atoms with E-state index in [-0.39, 0.29) is 12.1 Å². The molecule has 2 amide bonds. The monoisotopic (exact) mass is 272 g/mol. The lowest BCUT2D eigenvalue weighted by atomic mass is 10.1. The van der Waals surface area contributed by atoms with Crippen molar-refractivity contribution in [2.45, 2.75) is 19.1 Å². The average Bonchev–Trinajstić information content (AvgIpc) is 3.11. The Morgan fingerprint density at radius 2 is 2.25 bits per heavy atom. The minimum absolute atomic E-state index is 0.00491. The summed E-state index contributed by atoms with van der Waals surface area (Å²) in [7, 11) is 0. The molecule has 2 heterocycles. The van der Waals surface area contributed by atoms with Crippen molar-refractivity contribution in [3.8, 4) is 5.75 Å². The van der Waals surface area contributed by atoms with E-state index in [1.54, 1.807) is 6.20 Å². The van der Waals surface area contributed by atoms with Crippen LogP contribution in [-0.4, -0.2) is 28.9 Å². The summed E-state index contributed by atoms with van der Waals surface area (Å²) in [5.41, 5.74) is 2.06. The van der Waals surface area contributed by atoms with Crippen molar-refractivity contribution >= 4 is 6.03 Å². The highest BCUT2D eigenvalue weighted by molar-refractivity contribution is 5.73. The molecule has 6 heteroatoms. The van der Waals surface area contributed by atoms with Crippen molar-refractivity contribution in [1.29, 1.82) is 0 Å². The van der Waals surface area contributed by atoms with Gasteiger partial charge >= 0.3 is 6.03 Å². The summed E-state index contributed by atoms with van der Waals surface area (Å²) in [5, 5.41) is 12.2. The first-order valence-electron chi connectivity index (χ1n) is 6.56. The number of H-pyrrole nitrogens is 1. The fourth-order valence-corrected chi connectivity index (χ4v) is 2.20. The number of urea groups is 1. The molecule has 0 aliphatic carbocycles. The molecule has 0 radical (unpaired) electrons. The summed E-state index contributed by atoms with van der Waals surface area (Å²) in [6.07, 6.45) is 2.49. The molecule has 3 N–H and O–H groups in total. The molecule has 6 nitrogen and oxygen atoms in total. The average molecular weight is 272 g/mol. The highest BCUT2D eigenvalue weighted by atomic mass is 16.5. The maximum Gasteiger partial charge on any atom is 0.315 e. The van der Waals surface area contributed by atoms with Gasteiger partial charge in [-0.1, -0.05) is 18.2 Å². The van der Waals surface area contributed by atoms with Gasteiger partial charge in [-0.15, -0.1) is 0 Å². The number of aromatic amines is 1. The van der Waals surface area contributed by atoms with Crippen LogP contribution in [0.3, 0.4) is 0 Å². The summed E-state index contributed by atoms with van der Waals surface area (Å²) < 4.78 is 5.75. The van der Waals surface area contributed by atoms with Crippen LogP contribution in [0.4, 0.5) is 4.79 Å². The maximum atomic E-state index is 11.7. The third-order valence-electron chi connectivity index (χ3n) is 3.20. The fraction of sp³-hybridized carbons (Fsp3) is 0.286. The SMILES string of the molecule is O=C(NCc1ccn[nH]1)NC[C@@H]1Cc2ccccc2O1. The predicted molar refractivity (Wildman–Crippen MR) is 73.4 cm³/mol. The second-order valence-electron chi connectivity index (χ2n) is 4.70. The number of carbonyl (C=O) groups is 1. The normalized spacial score (nSPS) is 16.3. The van der Waals surface area contributed by atoms with Gasteiger partial charge in [-0.3, -0.25) is 5.10 Å². The first-order valence-corrected chi connectivity index (χ1v) is 6.56. The van der Waals surface area contributed by atoms with Crippen LogP contribution in [0.15, 0.2) is 36.5 Å². The van der Waals surface area contributed by atoms with Crippen molar-refractivity contribution in [1.82, 2.24) is 20.8 Å². The molecule has 1 atom stereocenters. The van der Waals surface area contributed by atoms with Crippen LogP contribution in [0.5, 0.6) is 5.75 Å². The second-order valence-corrected chi connectivity index (χ2v) is 4.70. The van der Waals surface area contributed by atoms with Gasteiger partial charge < -0.3 is 15.4 Å². The van der Waals surface area contributed by atoms with Crippen molar-refractivity contribution in [3.63, 3.8) is 0 Å². The lowest BCUT2D eigenvalue weighted by Gasteiger charge is -2.12. The van der Waals surface area contributed by atoms with Gasteiger partial charge in [0.25, 0.3) is 0 Å². The van der Waals surface area contributed by atoms with Crippen LogP contribution in [0.2, 0.25) is 0 Å². The van der Waals surface area contributed by atoms with Gasteiger partial charge in [-0.05, 0) is 17.7 Å². The standard InChI is InChI=1S/C14H16N4O2/c19-14(15-8-11-5-6-17-18-11)16-9-12-7-10-3-1-2-4-13(10)20-12/h1-6,12H,7-9H2,(H,17,18)(H2,15,16,19)/t12-/m0/s1. The molecule has 0 spiro atoms. The zero-order valence-electron chi connectivity index (χ0n) is 10.9. The highest BCUT2D eigenvalue weighted by Crippen LogP contribution is 2.27. The Balaban J connectivity index is 1.41. The van der Waals surface area contributed by atoms with Crippen molar-refractivity contribution in [2.75, 3.05) is 6.54 Å². The predicted octanol–water partition coefficient (Wildman–Crippen LogP) is 1.21. The molecule has 0 fully saturated rings. The summed E-state index contributed by atoms with van der Waals surface area (Å²) in [6, 6.07) is 9.55. The summed E-state index contributed by atoms with van der Waals surface area (Å²) in [5.74, 6) is 0.914. The van der Waals surface area contributed by atoms with Gasteiger partial charge in [0.05, 0.1) is 18.8 Å². The second kappa shape index (κ2) is 5.64. The smallest absolute Gasteiger partial charge is 0.315 e. The van der Waals surface area contributed by atoms with Crippen molar-refractivity contribution in [3.05, 3.63) is 47.8 Å². The zero-order chi connectivity index (χ0) is 13.8. The topological polar surface area (TPSA) is 79.0 Å². The van der Waals surface area contributed by atoms with Crippen LogP contribution in [-0.2, 0) is 13.0 Å². The van der Waals surface area contributed by atoms with E-state index in [0.717, 1.165) is 17.9 Å². The minimum atomic E-state index is -0.209. The van der Waals surface area contributed by atoms with Gasteiger partial charge in [-0.2, -0.15) is 5.10 Å². The molecular weight excluding hydrogens is 256 g/mol. The van der Waals surface area contributed by atoms with Crippen LogP contribution in [0.1, 0.15) is 11.3 Å². The summed E-state index contributed by atoms with van der Waals surface area (Å²) in [6.45, 7) is 0.918. The van der Waals surface area contributed by atoms with Gasteiger partial charge in [0.1, 0.15) is 11.9 Å². The number of carbonyl (C=O) groups excluding carboxylic acids is 1. The Labute approximate surface area is 116 Å². The number of rotatable bonds is 4. The first-order chi connectivity index (χ1) is 9.81. The molecule has 2 aromatic rings. The van der Waals surface area contributed by atoms with Crippen LogP contribution in [0.25, 0.3) is 0 Å². The maximum absolute atomic E-state index is 11.7. The number of amides is 2. The number of para-hydroxylation sites is 1. The Kier molecular flexibility index (Phi) is 3.54. The quantitative estimate of drug-likeness (QED) is 0.782. The summed E-state index contributed by atoms with van der Waals surface area (Å²) >= 11 is 0. The number of fused-ring (bicyclic) bond motifs is 1. The molecule has 0 bridgehead atoms. The Bertz CT molecular complexity index is 558. The third kappa shape index (κ3) is 2.90. The first kappa shape index (κ1) is 12.5. The Hall–Kier alpha value is -2.50. The zero-order valence-corrected chi connectivity index (χ0v) is 10.9. The molecule has 1 aliphatic heterocycles. The molecule has 0 unspecified atom stereocenters. The summed E-state index contributed by atoms with van der Waals surface area (Å²) in [4.78, 5) is 11.7. The number of hydrogen-bond acceptors (Lipinski definition) is 3. The van der Waals surface area contributed by atoms with Crippen LogP contribution >= 0.6 is 0 Å². The highest BCUT2D eigenvalue weighted by Gasteiger charge is 2.22. The van der Waals surface area contributed by atoms with E-state index in [0.29, 0.717) is 13.1 Å². The van der Waals surface area contributed by atoms with E-state index in [2.05, 4.69) is 20.8 Å². The van der Waals surface area contributed by atoms with Gasteiger partial charge in [0, 0.05) is 12.6 Å². The molecule has 1 aliphatic rings. The van der Waals surface area contributed by atoms with E-state index >= 15 is 0 Å². The van der Waals surface area contributed by atoms with E-state index < -0.39 is 0 Å². The molecule has 3 rings (SSSR count).